The molecule has 0 bridgehead atoms. The van der Waals surface area contributed by atoms with Crippen LogP contribution in [-0.2, 0) is 16.6 Å². The molecular formula is C23H27N3O4S. The van der Waals surface area contributed by atoms with E-state index in [1.54, 1.807) is 0 Å². The number of pyridine rings is 1. The van der Waals surface area contributed by atoms with Gasteiger partial charge in [0, 0.05) is 43.3 Å². The topological polar surface area (TPSA) is 81.4 Å². The van der Waals surface area contributed by atoms with Crippen molar-refractivity contribution in [1.29, 1.82) is 0 Å². The fraction of sp³-hybridized carbons (Fsp3) is 0.304. The number of ketones is 1. The highest BCUT2D eigenvalue weighted by Crippen LogP contribution is 2.26. The molecule has 0 aliphatic rings. The second-order valence-electron chi connectivity index (χ2n) is 7.78. The first-order valence-corrected chi connectivity index (χ1v) is 11.4. The number of hydrogen-bond acceptors (Lipinski definition) is 4. The van der Waals surface area contributed by atoms with E-state index in [9.17, 15) is 18.0 Å². The van der Waals surface area contributed by atoms with Gasteiger partial charge in [-0.05, 0) is 38.5 Å². The van der Waals surface area contributed by atoms with Crippen molar-refractivity contribution in [1.82, 2.24) is 13.4 Å². The van der Waals surface area contributed by atoms with Crippen molar-refractivity contribution in [2.75, 3.05) is 14.1 Å². The summed E-state index contributed by atoms with van der Waals surface area (Å²) in [5.41, 5.74) is 2.96. The van der Waals surface area contributed by atoms with Crippen LogP contribution in [0.1, 0.15) is 40.3 Å². The Morgan fingerprint density at radius 1 is 1.06 bits per heavy atom. The lowest BCUT2D eigenvalue weighted by Crippen LogP contribution is -2.27. The van der Waals surface area contributed by atoms with Crippen molar-refractivity contribution in [3.05, 3.63) is 87.6 Å². The highest BCUT2D eigenvalue weighted by molar-refractivity contribution is 7.89. The lowest BCUT2D eigenvalue weighted by Gasteiger charge is -2.19. The van der Waals surface area contributed by atoms with Gasteiger partial charge in [0.15, 0.2) is 5.78 Å². The first-order valence-electron chi connectivity index (χ1n) is 9.93. The number of rotatable bonds is 7. The predicted octanol–water partition coefficient (Wildman–Crippen LogP) is 3.01. The standard InChI is InChI=1S/C23H27N3O4S/c1-16-13-21(18(3)26(16)17(2)19-9-7-6-8-10-19)22(27)15-25-14-20(11-12-23(25)28)31(29,30)24(4)5/h6-14,17H,15H2,1-5H3/t17-/m1/s1. The van der Waals surface area contributed by atoms with Crippen LogP contribution in [0.3, 0.4) is 0 Å². The first kappa shape index (κ1) is 22.7. The molecule has 7 nitrogen and oxygen atoms in total. The highest BCUT2D eigenvalue weighted by Gasteiger charge is 2.22. The van der Waals surface area contributed by atoms with Crippen LogP contribution in [0, 0.1) is 13.8 Å². The van der Waals surface area contributed by atoms with Crippen molar-refractivity contribution in [3.8, 4) is 0 Å². The fourth-order valence-electron chi connectivity index (χ4n) is 3.77. The van der Waals surface area contributed by atoms with Crippen LogP contribution in [0.5, 0.6) is 0 Å². The van der Waals surface area contributed by atoms with Crippen molar-refractivity contribution >= 4 is 15.8 Å². The molecule has 1 aromatic carbocycles. The summed E-state index contributed by atoms with van der Waals surface area (Å²) >= 11 is 0. The molecule has 1 atom stereocenters. The molecule has 2 heterocycles. The molecule has 0 saturated heterocycles. The number of Topliss-reactive ketones (excluding diaryl/α,β-unsaturated/α-hetero) is 1. The van der Waals surface area contributed by atoms with Crippen molar-refractivity contribution in [2.24, 2.45) is 0 Å². The number of benzene rings is 1. The first-order chi connectivity index (χ1) is 14.5. The van der Waals surface area contributed by atoms with Crippen molar-refractivity contribution in [3.63, 3.8) is 0 Å². The van der Waals surface area contributed by atoms with Gasteiger partial charge in [0.1, 0.15) is 0 Å². The van der Waals surface area contributed by atoms with Gasteiger partial charge < -0.3 is 9.13 Å². The Labute approximate surface area is 182 Å². The minimum absolute atomic E-state index is 0.0342. The van der Waals surface area contributed by atoms with E-state index in [-0.39, 0.29) is 23.3 Å². The zero-order chi connectivity index (χ0) is 22.9. The molecular weight excluding hydrogens is 414 g/mol. The summed E-state index contributed by atoms with van der Waals surface area (Å²) in [6.07, 6.45) is 1.22. The molecule has 164 valence electrons. The van der Waals surface area contributed by atoms with E-state index in [4.69, 9.17) is 0 Å². The van der Waals surface area contributed by atoms with E-state index in [0.717, 1.165) is 25.8 Å². The quantitative estimate of drug-likeness (QED) is 0.528. The summed E-state index contributed by atoms with van der Waals surface area (Å²) in [5, 5.41) is 0. The van der Waals surface area contributed by atoms with Gasteiger partial charge in [0.25, 0.3) is 5.56 Å². The Balaban J connectivity index is 1.95. The van der Waals surface area contributed by atoms with Gasteiger partial charge in [-0.1, -0.05) is 30.3 Å². The molecule has 8 heteroatoms. The SMILES string of the molecule is Cc1cc(C(=O)Cn2cc(S(=O)(=O)N(C)C)ccc2=O)c(C)n1[C@H](C)c1ccccc1. The fourth-order valence-corrected chi connectivity index (χ4v) is 4.69. The van der Waals surface area contributed by atoms with Gasteiger partial charge in [0.05, 0.1) is 17.5 Å². The summed E-state index contributed by atoms with van der Waals surface area (Å²) < 4.78 is 29.1. The molecule has 0 spiro atoms. The van der Waals surface area contributed by atoms with Gasteiger partial charge in [-0.25, -0.2) is 12.7 Å². The predicted molar refractivity (Wildman–Crippen MR) is 120 cm³/mol. The van der Waals surface area contributed by atoms with E-state index in [1.165, 1.54) is 32.4 Å². The number of aromatic nitrogens is 2. The van der Waals surface area contributed by atoms with Crippen LogP contribution in [0.4, 0.5) is 0 Å². The van der Waals surface area contributed by atoms with E-state index in [1.807, 2.05) is 50.2 Å². The molecule has 2 aromatic heterocycles. The normalized spacial score (nSPS) is 12.8. The Morgan fingerprint density at radius 2 is 1.71 bits per heavy atom. The number of carbonyl (C=O) groups is 1. The Morgan fingerprint density at radius 3 is 2.32 bits per heavy atom. The van der Waals surface area contributed by atoms with Crippen LogP contribution in [0.2, 0.25) is 0 Å². The molecule has 31 heavy (non-hydrogen) atoms. The molecule has 3 rings (SSSR count). The van der Waals surface area contributed by atoms with Gasteiger partial charge in [-0.15, -0.1) is 0 Å². The van der Waals surface area contributed by atoms with Crippen molar-refractivity contribution < 1.29 is 13.2 Å². The summed E-state index contributed by atoms with van der Waals surface area (Å²) in [5.74, 6) is -0.249. The maximum Gasteiger partial charge on any atom is 0.251 e. The van der Waals surface area contributed by atoms with Crippen LogP contribution >= 0.6 is 0 Å². The maximum atomic E-state index is 13.1. The van der Waals surface area contributed by atoms with Gasteiger partial charge in [0.2, 0.25) is 10.0 Å². The minimum atomic E-state index is -3.71. The number of nitrogens with zero attached hydrogens (tertiary/aromatic N) is 3. The molecule has 0 fully saturated rings. The average molecular weight is 442 g/mol. The average Bonchev–Trinajstić information content (AvgIpc) is 3.03. The van der Waals surface area contributed by atoms with E-state index < -0.39 is 15.6 Å². The third-order valence-electron chi connectivity index (χ3n) is 5.50. The number of hydrogen-bond donors (Lipinski definition) is 0. The monoisotopic (exact) mass is 441 g/mol. The molecule has 0 unspecified atom stereocenters. The maximum absolute atomic E-state index is 13.1. The van der Waals surface area contributed by atoms with Crippen molar-refractivity contribution in [2.45, 2.75) is 38.3 Å². The van der Waals surface area contributed by atoms with Crippen LogP contribution < -0.4 is 5.56 Å². The van der Waals surface area contributed by atoms with E-state index in [2.05, 4.69) is 11.5 Å². The Hall–Kier alpha value is -2.97. The second kappa shape index (κ2) is 8.64. The number of sulfonamides is 1. The smallest absolute Gasteiger partial charge is 0.251 e. The Kier molecular flexibility index (Phi) is 6.33. The lowest BCUT2D eigenvalue weighted by molar-refractivity contribution is 0.0969. The second-order valence-corrected chi connectivity index (χ2v) is 9.93. The molecule has 0 aliphatic heterocycles. The van der Waals surface area contributed by atoms with E-state index >= 15 is 0 Å². The molecule has 3 aromatic rings. The summed E-state index contributed by atoms with van der Waals surface area (Å²) in [6.45, 7) is 5.67. The summed E-state index contributed by atoms with van der Waals surface area (Å²) in [4.78, 5) is 25.3. The molecule has 0 amide bonds. The van der Waals surface area contributed by atoms with Gasteiger partial charge >= 0.3 is 0 Å². The van der Waals surface area contributed by atoms with Crippen LogP contribution in [0.15, 0.2) is 64.4 Å². The highest BCUT2D eigenvalue weighted by atomic mass is 32.2. The number of aryl methyl sites for hydroxylation is 1. The lowest BCUT2D eigenvalue weighted by atomic mass is 10.1. The molecule has 0 radical (unpaired) electrons. The number of carbonyl (C=O) groups excluding carboxylic acids is 1. The van der Waals surface area contributed by atoms with E-state index in [0.29, 0.717) is 5.56 Å². The molecule has 0 N–H and O–H groups in total. The zero-order valence-corrected chi connectivity index (χ0v) is 19.2. The summed E-state index contributed by atoms with van der Waals surface area (Å²) in [7, 11) is -0.880. The molecule has 0 saturated carbocycles. The largest absolute Gasteiger partial charge is 0.341 e. The van der Waals surface area contributed by atoms with Gasteiger partial charge in [-0.2, -0.15) is 0 Å². The third kappa shape index (κ3) is 4.40. The summed E-state index contributed by atoms with van der Waals surface area (Å²) in [6, 6.07) is 14.3. The van der Waals surface area contributed by atoms with Crippen LogP contribution in [0.25, 0.3) is 0 Å². The molecule has 0 aliphatic carbocycles. The minimum Gasteiger partial charge on any atom is -0.341 e. The third-order valence-corrected chi connectivity index (χ3v) is 7.30. The zero-order valence-electron chi connectivity index (χ0n) is 18.4. The Bertz CT molecular complexity index is 1270. The van der Waals surface area contributed by atoms with Crippen LogP contribution in [-0.4, -0.2) is 41.7 Å². The van der Waals surface area contributed by atoms with Gasteiger partial charge in [-0.3, -0.25) is 9.59 Å².